The predicted molar refractivity (Wildman–Crippen MR) is 119 cm³/mol. The average molecular weight is 467 g/mol. The van der Waals surface area contributed by atoms with Gasteiger partial charge in [0.1, 0.15) is 6.61 Å². The van der Waals surface area contributed by atoms with Crippen LogP contribution in [0.2, 0.25) is 0 Å². The normalized spacial score (nSPS) is 22.0. The predicted octanol–water partition coefficient (Wildman–Crippen LogP) is 4.47. The molecule has 162 valence electrons. The molecule has 1 saturated carbocycles. The van der Waals surface area contributed by atoms with E-state index in [2.05, 4.69) is 54.2 Å². The molecule has 0 radical (unpaired) electrons. The van der Waals surface area contributed by atoms with Crippen LogP contribution in [0.4, 0.5) is 4.79 Å². The van der Waals surface area contributed by atoms with E-state index in [0.717, 1.165) is 55.2 Å². The van der Waals surface area contributed by atoms with Crippen molar-refractivity contribution in [3.63, 3.8) is 0 Å². The van der Waals surface area contributed by atoms with Crippen LogP contribution in [0.5, 0.6) is 0 Å². The molecular formula is C23H35BrN2O3. The number of aliphatic hydroxyl groups is 1. The van der Waals surface area contributed by atoms with E-state index in [1.807, 2.05) is 12.1 Å². The molecule has 1 unspecified atom stereocenters. The molecule has 5 nitrogen and oxygen atoms in total. The van der Waals surface area contributed by atoms with Gasteiger partial charge in [-0.2, -0.15) is 0 Å². The third-order valence-corrected chi connectivity index (χ3v) is 7.35. The van der Waals surface area contributed by atoms with Crippen molar-refractivity contribution in [1.29, 1.82) is 0 Å². The first-order valence-corrected chi connectivity index (χ1v) is 11.6. The highest BCUT2D eigenvalue weighted by atomic mass is 79.9. The summed E-state index contributed by atoms with van der Waals surface area (Å²) in [7, 11) is 0. The number of piperazine rings is 1. The van der Waals surface area contributed by atoms with Crippen molar-refractivity contribution in [1.82, 2.24) is 10.2 Å². The van der Waals surface area contributed by atoms with Crippen LogP contribution in [0, 0.1) is 5.41 Å². The zero-order chi connectivity index (χ0) is 21.1. The minimum Gasteiger partial charge on any atom is -0.448 e. The molecule has 6 heteroatoms. The molecule has 3 rings (SSSR count). The minimum atomic E-state index is -0.923. The number of hydrogen-bond donors (Lipinski definition) is 2. The van der Waals surface area contributed by atoms with Gasteiger partial charge in [-0.05, 0) is 36.0 Å². The fourth-order valence-corrected chi connectivity index (χ4v) is 5.66. The summed E-state index contributed by atoms with van der Waals surface area (Å²) < 4.78 is 6.94. The summed E-state index contributed by atoms with van der Waals surface area (Å²) in [5.74, 6) is 0. The monoisotopic (exact) mass is 466 g/mol. The quantitative estimate of drug-likeness (QED) is 0.686. The molecule has 1 saturated heterocycles. The summed E-state index contributed by atoms with van der Waals surface area (Å²) in [6.07, 6.45) is 4.29. The molecule has 1 atom stereocenters. The van der Waals surface area contributed by atoms with E-state index in [4.69, 9.17) is 4.74 Å². The SMILES string of the molecule is CC(C)(C)C(COC(=O)N1CCNCC1)(c1cccc(Br)c1)C1(O)CCCCC1. The van der Waals surface area contributed by atoms with E-state index >= 15 is 0 Å². The smallest absolute Gasteiger partial charge is 0.409 e. The first-order valence-electron chi connectivity index (χ1n) is 10.8. The lowest BCUT2D eigenvalue weighted by atomic mass is 9.51. The Morgan fingerprint density at radius 3 is 2.45 bits per heavy atom. The van der Waals surface area contributed by atoms with Crippen molar-refractivity contribution in [2.75, 3.05) is 32.8 Å². The van der Waals surface area contributed by atoms with Crippen LogP contribution in [0.1, 0.15) is 58.4 Å². The molecule has 2 N–H and O–H groups in total. The number of benzene rings is 1. The largest absolute Gasteiger partial charge is 0.448 e. The Morgan fingerprint density at radius 1 is 1.21 bits per heavy atom. The first kappa shape index (κ1) is 22.6. The maximum Gasteiger partial charge on any atom is 0.409 e. The summed E-state index contributed by atoms with van der Waals surface area (Å²) in [5, 5.41) is 15.3. The lowest BCUT2D eigenvalue weighted by Crippen LogP contribution is -2.62. The fraction of sp³-hybridized carbons (Fsp3) is 0.696. The average Bonchev–Trinajstić information content (AvgIpc) is 2.68. The Kier molecular flexibility index (Phi) is 6.96. The number of carbonyl (C=O) groups excluding carboxylic acids is 1. The number of halogens is 1. The van der Waals surface area contributed by atoms with E-state index in [0.29, 0.717) is 13.1 Å². The van der Waals surface area contributed by atoms with Crippen LogP contribution in [-0.4, -0.2) is 54.5 Å². The molecule has 0 aromatic heterocycles. The molecule has 1 aliphatic heterocycles. The third-order valence-electron chi connectivity index (χ3n) is 6.86. The van der Waals surface area contributed by atoms with Crippen molar-refractivity contribution in [2.45, 2.75) is 63.9 Å². The van der Waals surface area contributed by atoms with Crippen molar-refractivity contribution in [2.24, 2.45) is 5.41 Å². The van der Waals surface area contributed by atoms with Crippen molar-refractivity contribution < 1.29 is 14.6 Å². The topological polar surface area (TPSA) is 61.8 Å². The van der Waals surface area contributed by atoms with Gasteiger partial charge in [-0.1, -0.05) is 68.1 Å². The molecule has 2 fully saturated rings. The second kappa shape index (κ2) is 8.94. The van der Waals surface area contributed by atoms with Crippen LogP contribution in [0.15, 0.2) is 28.7 Å². The molecule has 1 aromatic carbocycles. The van der Waals surface area contributed by atoms with Gasteiger partial charge in [0.05, 0.1) is 11.0 Å². The number of rotatable bonds is 4. The molecular weight excluding hydrogens is 432 g/mol. The fourth-order valence-electron chi connectivity index (χ4n) is 5.26. The Balaban J connectivity index is 2.00. The number of hydrogen-bond acceptors (Lipinski definition) is 4. The van der Waals surface area contributed by atoms with Gasteiger partial charge in [-0.25, -0.2) is 4.79 Å². The molecule has 0 bridgehead atoms. The highest BCUT2D eigenvalue weighted by Gasteiger charge is 2.59. The second-order valence-electron chi connectivity index (χ2n) is 9.55. The van der Waals surface area contributed by atoms with Crippen molar-refractivity contribution in [3.8, 4) is 0 Å². The zero-order valence-electron chi connectivity index (χ0n) is 18.0. The van der Waals surface area contributed by atoms with E-state index < -0.39 is 11.0 Å². The Hall–Kier alpha value is -1.11. The van der Waals surface area contributed by atoms with Crippen LogP contribution in [0.25, 0.3) is 0 Å². The summed E-state index contributed by atoms with van der Waals surface area (Å²) in [6.45, 7) is 9.51. The maximum absolute atomic E-state index is 12.8. The van der Waals surface area contributed by atoms with E-state index in [9.17, 15) is 9.90 Å². The molecule has 1 aliphatic carbocycles. The van der Waals surface area contributed by atoms with E-state index in [1.54, 1.807) is 4.90 Å². The minimum absolute atomic E-state index is 0.173. The Labute approximate surface area is 183 Å². The number of amides is 1. The first-order chi connectivity index (χ1) is 13.7. The molecule has 1 amide bonds. The zero-order valence-corrected chi connectivity index (χ0v) is 19.6. The Bertz CT molecular complexity index is 706. The Morgan fingerprint density at radius 2 is 1.86 bits per heavy atom. The van der Waals surface area contributed by atoms with E-state index in [1.165, 1.54) is 0 Å². The van der Waals surface area contributed by atoms with Gasteiger partial charge in [-0.15, -0.1) is 0 Å². The van der Waals surface area contributed by atoms with Crippen LogP contribution >= 0.6 is 15.9 Å². The molecule has 29 heavy (non-hydrogen) atoms. The van der Waals surface area contributed by atoms with Gasteiger partial charge >= 0.3 is 6.09 Å². The van der Waals surface area contributed by atoms with Gasteiger partial charge in [0.15, 0.2) is 0 Å². The maximum atomic E-state index is 12.8. The van der Waals surface area contributed by atoms with Gasteiger partial charge in [-0.3, -0.25) is 0 Å². The number of carbonyl (C=O) groups is 1. The number of nitrogens with one attached hydrogen (secondary N) is 1. The molecule has 1 heterocycles. The van der Waals surface area contributed by atoms with E-state index in [-0.39, 0.29) is 18.1 Å². The number of ether oxygens (including phenoxy) is 1. The third kappa shape index (κ3) is 4.49. The van der Waals surface area contributed by atoms with Gasteiger partial charge in [0.2, 0.25) is 0 Å². The second-order valence-corrected chi connectivity index (χ2v) is 10.5. The summed E-state index contributed by atoms with van der Waals surface area (Å²) in [4.78, 5) is 14.6. The standard InChI is InChI=1S/C23H35BrN2O3/c1-21(2,3)23(18-8-7-9-19(24)16-18,22(28)10-5-4-6-11-22)17-29-20(27)26-14-12-25-13-15-26/h7-9,16,25,28H,4-6,10-15,17H2,1-3H3. The number of nitrogens with zero attached hydrogens (tertiary/aromatic N) is 1. The summed E-state index contributed by atoms with van der Waals surface area (Å²) >= 11 is 3.60. The lowest BCUT2D eigenvalue weighted by Gasteiger charge is -2.56. The van der Waals surface area contributed by atoms with Crippen LogP contribution in [0.3, 0.4) is 0 Å². The summed E-state index contributed by atoms with van der Waals surface area (Å²) in [6, 6.07) is 8.15. The van der Waals surface area contributed by atoms with Gasteiger partial charge < -0.3 is 20.1 Å². The van der Waals surface area contributed by atoms with Crippen LogP contribution < -0.4 is 5.32 Å². The van der Waals surface area contributed by atoms with Crippen molar-refractivity contribution >= 4 is 22.0 Å². The van der Waals surface area contributed by atoms with Gasteiger partial charge in [0.25, 0.3) is 0 Å². The highest BCUT2D eigenvalue weighted by Crippen LogP contribution is 2.54. The van der Waals surface area contributed by atoms with Crippen LogP contribution in [-0.2, 0) is 10.2 Å². The van der Waals surface area contributed by atoms with Crippen molar-refractivity contribution in [3.05, 3.63) is 34.3 Å². The highest BCUT2D eigenvalue weighted by molar-refractivity contribution is 9.10. The molecule has 1 aromatic rings. The molecule has 2 aliphatic rings. The summed E-state index contributed by atoms with van der Waals surface area (Å²) in [5.41, 5.74) is -0.914. The lowest BCUT2D eigenvalue weighted by molar-refractivity contribution is -0.133. The van der Waals surface area contributed by atoms with Gasteiger partial charge in [0, 0.05) is 30.7 Å². The molecule has 0 spiro atoms.